The van der Waals surface area contributed by atoms with Gasteiger partial charge in [-0.1, -0.05) is 49.8 Å². The number of carbonyl (C=O) groups excluding carboxylic acids is 2. The fourth-order valence-corrected chi connectivity index (χ4v) is 4.50. The van der Waals surface area contributed by atoms with E-state index in [1.807, 2.05) is 31.2 Å². The van der Waals surface area contributed by atoms with Gasteiger partial charge in [0.1, 0.15) is 5.54 Å². The van der Waals surface area contributed by atoms with Gasteiger partial charge in [0.2, 0.25) is 11.8 Å². The molecule has 3 rings (SSSR count). The summed E-state index contributed by atoms with van der Waals surface area (Å²) in [5.41, 5.74) is 1.25. The van der Waals surface area contributed by atoms with Gasteiger partial charge in [-0.25, -0.2) is 0 Å². The number of hydrogen-bond acceptors (Lipinski definition) is 2. The number of hydrogen-bond donors (Lipinski definition) is 1. The van der Waals surface area contributed by atoms with Crippen LogP contribution in [0, 0.1) is 6.92 Å². The van der Waals surface area contributed by atoms with E-state index in [4.69, 9.17) is 0 Å². The average Bonchev–Trinajstić information content (AvgIpc) is 3.10. The van der Waals surface area contributed by atoms with Crippen LogP contribution >= 0.6 is 0 Å². The van der Waals surface area contributed by atoms with Crippen molar-refractivity contribution in [2.45, 2.75) is 83.2 Å². The van der Waals surface area contributed by atoms with Crippen molar-refractivity contribution in [2.24, 2.45) is 0 Å². The van der Waals surface area contributed by atoms with Crippen LogP contribution in [0.25, 0.3) is 0 Å². The number of aryl methyl sites for hydroxylation is 1. The number of benzene rings is 1. The molecule has 4 nitrogen and oxygen atoms in total. The summed E-state index contributed by atoms with van der Waals surface area (Å²) in [6.07, 6.45) is 9.12. The average molecular weight is 342 g/mol. The molecule has 0 saturated heterocycles. The minimum Gasteiger partial charge on any atom is -0.351 e. The van der Waals surface area contributed by atoms with E-state index < -0.39 is 5.54 Å². The standard InChI is InChI=1S/C21H30N2O2/c1-16-10-12-19(13-11-16)23(17(2)24)21(14-6-3-7-15-21)20(25)22-18-8-4-5-9-18/h10-13,18H,3-9,14-15H2,1-2H3,(H,22,25). The van der Waals surface area contributed by atoms with Gasteiger partial charge in [-0.3, -0.25) is 14.5 Å². The molecule has 2 amide bonds. The summed E-state index contributed by atoms with van der Waals surface area (Å²) in [5.74, 6) is 0.00204. The Bertz CT molecular complexity index is 611. The Balaban J connectivity index is 1.94. The summed E-state index contributed by atoms with van der Waals surface area (Å²) >= 11 is 0. The monoisotopic (exact) mass is 342 g/mol. The molecule has 4 heteroatoms. The maximum atomic E-state index is 13.4. The van der Waals surface area contributed by atoms with Crippen molar-refractivity contribution in [1.29, 1.82) is 0 Å². The maximum Gasteiger partial charge on any atom is 0.246 e. The van der Waals surface area contributed by atoms with Crippen molar-refractivity contribution >= 4 is 17.5 Å². The lowest BCUT2D eigenvalue weighted by Crippen LogP contribution is -2.62. The molecule has 0 heterocycles. The van der Waals surface area contributed by atoms with Crippen LogP contribution in [0.5, 0.6) is 0 Å². The lowest BCUT2D eigenvalue weighted by Gasteiger charge is -2.45. The normalized spacial score (nSPS) is 20.2. The molecule has 2 aliphatic rings. The van der Waals surface area contributed by atoms with Gasteiger partial charge >= 0.3 is 0 Å². The summed E-state index contributed by atoms with van der Waals surface area (Å²) in [6, 6.07) is 8.23. The zero-order valence-corrected chi connectivity index (χ0v) is 15.5. The summed E-state index contributed by atoms with van der Waals surface area (Å²) in [6.45, 7) is 3.62. The van der Waals surface area contributed by atoms with Crippen LogP contribution in [0.4, 0.5) is 5.69 Å². The Labute approximate surface area is 151 Å². The number of rotatable bonds is 4. The van der Waals surface area contributed by atoms with E-state index in [0.29, 0.717) is 0 Å². The van der Waals surface area contributed by atoms with Crippen LogP contribution in [-0.2, 0) is 9.59 Å². The van der Waals surface area contributed by atoms with Crippen molar-refractivity contribution < 1.29 is 9.59 Å². The van der Waals surface area contributed by atoms with Gasteiger partial charge in [-0.15, -0.1) is 0 Å². The van der Waals surface area contributed by atoms with E-state index in [9.17, 15) is 9.59 Å². The molecule has 2 aliphatic carbocycles. The van der Waals surface area contributed by atoms with E-state index >= 15 is 0 Å². The van der Waals surface area contributed by atoms with Crippen LogP contribution in [0.1, 0.15) is 70.3 Å². The smallest absolute Gasteiger partial charge is 0.246 e. The lowest BCUT2D eigenvalue weighted by molar-refractivity contribution is -0.131. The third-order valence-electron chi connectivity index (χ3n) is 5.83. The first kappa shape index (κ1) is 18.0. The lowest BCUT2D eigenvalue weighted by atomic mass is 9.78. The Hall–Kier alpha value is -1.84. The summed E-state index contributed by atoms with van der Waals surface area (Å²) < 4.78 is 0. The van der Waals surface area contributed by atoms with Gasteiger partial charge in [0.25, 0.3) is 0 Å². The molecule has 136 valence electrons. The highest BCUT2D eigenvalue weighted by Gasteiger charge is 2.47. The van der Waals surface area contributed by atoms with Crippen molar-refractivity contribution in [1.82, 2.24) is 5.32 Å². The van der Waals surface area contributed by atoms with Crippen LogP contribution in [0.15, 0.2) is 24.3 Å². The molecular weight excluding hydrogens is 312 g/mol. The van der Waals surface area contributed by atoms with Gasteiger partial charge in [0, 0.05) is 18.7 Å². The minimum absolute atomic E-state index is 0.0488. The first-order chi connectivity index (χ1) is 12.0. The number of nitrogens with zero attached hydrogens (tertiary/aromatic N) is 1. The molecule has 0 radical (unpaired) electrons. The van der Waals surface area contributed by atoms with Crippen LogP contribution < -0.4 is 10.2 Å². The number of carbonyl (C=O) groups is 2. The SMILES string of the molecule is CC(=O)N(c1ccc(C)cc1)C1(C(=O)NC2CCCC2)CCCCC1. The van der Waals surface area contributed by atoms with Crippen LogP contribution in [0.3, 0.4) is 0 Å². The van der Waals surface area contributed by atoms with Crippen molar-refractivity contribution in [2.75, 3.05) is 4.90 Å². The zero-order chi connectivity index (χ0) is 17.9. The second kappa shape index (κ2) is 7.59. The van der Waals surface area contributed by atoms with Crippen molar-refractivity contribution in [3.63, 3.8) is 0 Å². The molecule has 0 atom stereocenters. The Morgan fingerprint density at radius 1 is 1.00 bits per heavy atom. The zero-order valence-electron chi connectivity index (χ0n) is 15.5. The predicted molar refractivity (Wildman–Crippen MR) is 101 cm³/mol. The predicted octanol–water partition coefficient (Wildman–Crippen LogP) is 4.11. The van der Waals surface area contributed by atoms with Gasteiger partial charge in [-0.05, 0) is 44.7 Å². The van der Waals surface area contributed by atoms with Gasteiger partial charge < -0.3 is 5.32 Å². The topological polar surface area (TPSA) is 49.4 Å². The molecule has 1 aromatic carbocycles. The van der Waals surface area contributed by atoms with Crippen molar-refractivity contribution in [3.05, 3.63) is 29.8 Å². The highest BCUT2D eigenvalue weighted by Crippen LogP contribution is 2.38. The number of amides is 2. The Kier molecular flexibility index (Phi) is 5.45. The number of nitrogens with one attached hydrogen (secondary N) is 1. The van der Waals surface area contributed by atoms with Crippen LogP contribution in [-0.4, -0.2) is 23.4 Å². The van der Waals surface area contributed by atoms with E-state index in [2.05, 4.69) is 5.32 Å². The molecule has 1 N–H and O–H groups in total. The molecule has 0 aromatic heterocycles. The fourth-order valence-electron chi connectivity index (χ4n) is 4.50. The molecule has 2 saturated carbocycles. The first-order valence-corrected chi connectivity index (χ1v) is 9.71. The third-order valence-corrected chi connectivity index (χ3v) is 5.83. The Morgan fingerprint density at radius 2 is 1.60 bits per heavy atom. The summed E-state index contributed by atoms with van der Waals surface area (Å²) in [7, 11) is 0. The number of anilines is 1. The molecule has 25 heavy (non-hydrogen) atoms. The molecule has 0 unspecified atom stereocenters. The third kappa shape index (κ3) is 3.73. The largest absolute Gasteiger partial charge is 0.351 e. The molecule has 1 aromatic rings. The van der Waals surface area contributed by atoms with Crippen molar-refractivity contribution in [3.8, 4) is 0 Å². The second-order valence-corrected chi connectivity index (χ2v) is 7.74. The van der Waals surface area contributed by atoms with Gasteiger partial charge in [0.15, 0.2) is 0 Å². The molecule has 0 aliphatic heterocycles. The fraction of sp³-hybridized carbons (Fsp3) is 0.619. The van der Waals surface area contributed by atoms with E-state index in [1.165, 1.54) is 12.8 Å². The molecular formula is C21H30N2O2. The summed E-state index contributed by atoms with van der Waals surface area (Å²) in [4.78, 5) is 27.8. The molecule has 0 spiro atoms. The molecule has 0 bridgehead atoms. The highest BCUT2D eigenvalue weighted by atomic mass is 16.2. The van der Waals surface area contributed by atoms with Gasteiger partial charge in [0.05, 0.1) is 0 Å². The maximum absolute atomic E-state index is 13.4. The van der Waals surface area contributed by atoms with E-state index in [1.54, 1.807) is 11.8 Å². The quantitative estimate of drug-likeness (QED) is 0.895. The Morgan fingerprint density at radius 3 is 2.16 bits per heavy atom. The van der Waals surface area contributed by atoms with E-state index in [-0.39, 0.29) is 17.9 Å². The van der Waals surface area contributed by atoms with Crippen LogP contribution in [0.2, 0.25) is 0 Å². The highest BCUT2D eigenvalue weighted by molar-refractivity contribution is 6.02. The first-order valence-electron chi connectivity index (χ1n) is 9.71. The minimum atomic E-state index is -0.734. The van der Waals surface area contributed by atoms with Gasteiger partial charge in [-0.2, -0.15) is 0 Å². The second-order valence-electron chi connectivity index (χ2n) is 7.74. The molecule has 2 fully saturated rings. The summed E-state index contributed by atoms with van der Waals surface area (Å²) in [5, 5.41) is 3.27. The van der Waals surface area contributed by atoms with E-state index in [0.717, 1.165) is 56.2 Å².